The fourth-order valence-electron chi connectivity index (χ4n) is 5.08. The summed E-state index contributed by atoms with van der Waals surface area (Å²) in [6.07, 6.45) is 6.83. The highest BCUT2D eigenvalue weighted by Crippen LogP contribution is 2.52. The number of hydrogen-bond acceptors (Lipinski definition) is 4. The Morgan fingerprint density at radius 2 is 1.72 bits per heavy atom. The number of fused-ring (bicyclic) bond motifs is 5. The molecule has 1 N–H and O–H groups in total. The van der Waals surface area contributed by atoms with Crippen LogP contribution in [0.15, 0.2) is 65.3 Å². The Morgan fingerprint density at radius 1 is 1.03 bits per heavy atom. The Hall–Kier alpha value is -3.15. The third-order valence-corrected chi connectivity index (χ3v) is 6.41. The van der Waals surface area contributed by atoms with E-state index in [1.807, 2.05) is 30.3 Å². The molecule has 6 heteroatoms. The smallest absolute Gasteiger partial charge is 0.244 e. The SMILES string of the molecule is O=C(NCc1ccco1)[C@H](Cc1ccccc1)N1C(=O)[C@@H]2[C@@H](C1=O)[C@H]1C=C[C@@H]2C1. The van der Waals surface area contributed by atoms with E-state index in [1.165, 1.54) is 4.90 Å². The second-order valence-electron chi connectivity index (χ2n) is 8.05. The standard InChI is InChI=1S/C23H22N2O4/c26-21(24-13-17-7-4-10-29-17)18(11-14-5-2-1-3-6-14)25-22(27)19-15-8-9-16(12-15)20(19)23(25)28/h1-10,15-16,18-20H,11-13H2,(H,24,26)/t15-,16+,18-,19-,20-/m0/s1. The van der Waals surface area contributed by atoms with Crippen molar-refractivity contribution in [3.05, 3.63) is 72.2 Å². The van der Waals surface area contributed by atoms with Crippen molar-refractivity contribution >= 4 is 17.7 Å². The molecule has 29 heavy (non-hydrogen) atoms. The van der Waals surface area contributed by atoms with Gasteiger partial charge in [-0.3, -0.25) is 19.3 Å². The number of nitrogens with zero attached hydrogens (tertiary/aromatic N) is 1. The zero-order valence-electron chi connectivity index (χ0n) is 15.9. The Labute approximate surface area is 168 Å². The first kappa shape index (κ1) is 17.9. The number of nitrogens with one attached hydrogen (secondary N) is 1. The molecule has 2 aromatic rings. The number of amides is 3. The minimum atomic E-state index is -0.864. The van der Waals surface area contributed by atoms with Crippen molar-refractivity contribution in [2.45, 2.75) is 25.4 Å². The first-order valence-corrected chi connectivity index (χ1v) is 10.0. The molecule has 2 bridgehead atoms. The van der Waals surface area contributed by atoms with Gasteiger partial charge in [-0.15, -0.1) is 0 Å². The lowest BCUT2D eigenvalue weighted by atomic mass is 9.85. The van der Waals surface area contributed by atoms with E-state index in [4.69, 9.17) is 4.42 Å². The summed E-state index contributed by atoms with van der Waals surface area (Å²) in [5.41, 5.74) is 0.907. The van der Waals surface area contributed by atoms with Gasteiger partial charge in [0.25, 0.3) is 0 Å². The number of rotatable bonds is 6. The first-order chi connectivity index (χ1) is 14.1. The fraction of sp³-hybridized carbons (Fsp3) is 0.348. The molecule has 3 amide bonds. The summed E-state index contributed by atoms with van der Waals surface area (Å²) in [7, 11) is 0. The van der Waals surface area contributed by atoms with Crippen LogP contribution < -0.4 is 5.32 Å². The van der Waals surface area contributed by atoms with Gasteiger partial charge >= 0.3 is 0 Å². The predicted octanol–water partition coefficient (Wildman–Crippen LogP) is 2.31. The normalized spacial score (nSPS) is 28.1. The van der Waals surface area contributed by atoms with Gasteiger partial charge in [0.05, 0.1) is 24.6 Å². The molecule has 1 aromatic carbocycles. The minimum Gasteiger partial charge on any atom is -0.467 e. The van der Waals surface area contributed by atoms with Gasteiger partial charge in [-0.25, -0.2) is 0 Å². The molecular formula is C23H22N2O4. The van der Waals surface area contributed by atoms with Crippen LogP contribution in [0.4, 0.5) is 0 Å². The summed E-state index contributed by atoms with van der Waals surface area (Å²) >= 11 is 0. The van der Waals surface area contributed by atoms with Gasteiger partial charge in [0.15, 0.2) is 0 Å². The quantitative estimate of drug-likeness (QED) is 0.606. The van der Waals surface area contributed by atoms with Crippen LogP contribution in [0, 0.1) is 23.7 Å². The predicted molar refractivity (Wildman–Crippen MR) is 104 cm³/mol. The molecule has 3 aliphatic rings. The van der Waals surface area contributed by atoms with E-state index >= 15 is 0 Å². The van der Waals surface area contributed by atoms with Gasteiger partial charge < -0.3 is 9.73 Å². The van der Waals surface area contributed by atoms with Gasteiger partial charge in [-0.1, -0.05) is 42.5 Å². The van der Waals surface area contributed by atoms with Crippen LogP contribution in [0.3, 0.4) is 0 Å². The molecule has 2 fully saturated rings. The molecule has 0 unspecified atom stereocenters. The van der Waals surface area contributed by atoms with E-state index < -0.39 is 6.04 Å². The Balaban J connectivity index is 1.41. The van der Waals surface area contributed by atoms with E-state index in [1.54, 1.807) is 18.4 Å². The number of imide groups is 1. The number of likely N-dealkylation sites (tertiary alicyclic amines) is 1. The van der Waals surface area contributed by atoms with Crippen LogP contribution in [0.1, 0.15) is 17.7 Å². The average molecular weight is 390 g/mol. The molecule has 0 spiro atoms. The molecule has 0 radical (unpaired) electrons. The van der Waals surface area contributed by atoms with Gasteiger partial charge in [0.1, 0.15) is 11.8 Å². The second kappa shape index (κ2) is 7.03. The highest BCUT2D eigenvalue weighted by Gasteiger charge is 2.61. The van der Waals surface area contributed by atoms with Crippen LogP contribution in [-0.4, -0.2) is 28.7 Å². The first-order valence-electron chi connectivity index (χ1n) is 10.0. The van der Waals surface area contributed by atoms with E-state index in [0.717, 1.165) is 12.0 Å². The molecule has 1 saturated heterocycles. The number of furan rings is 1. The van der Waals surface area contributed by atoms with Gasteiger partial charge in [-0.05, 0) is 36.0 Å². The summed E-state index contributed by atoms with van der Waals surface area (Å²) < 4.78 is 5.28. The molecule has 5 atom stereocenters. The molecule has 2 heterocycles. The zero-order chi connectivity index (χ0) is 20.0. The highest BCUT2D eigenvalue weighted by molar-refractivity contribution is 6.09. The molecule has 1 saturated carbocycles. The van der Waals surface area contributed by atoms with Crippen LogP contribution in [0.5, 0.6) is 0 Å². The van der Waals surface area contributed by atoms with Crippen LogP contribution >= 0.6 is 0 Å². The molecule has 5 rings (SSSR count). The van der Waals surface area contributed by atoms with Crippen molar-refractivity contribution in [3.63, 3.8) is 0 Å². The molecule has 6 nitrogen and oxygen atoms in total. The lowest BCUT2D eigenvalue weighted by molar-refractivity contribution is -0.148. The maximum atomic E-state index is 13.2. The number of benzene rings is 1. The summed E-state index contributed by atoms with van der Waals surface area (Å²) in [6, 6.07) is 12.1. The van der Waals surface area contributed by atoms with Crippen LogP contribution in [-0.2, 0) is 27.3 Å². The molecule has 1 aromatic heterocycles. The van der Waals surface area contributed by atoms with Crippen molar-refractivity contribution in [3.8, 4) is 0 Å². The van der Waals surface area contributed by atoms with Gasteiger partial charge in [-0.2, -0.15) is 0 Å². The minimum absolute atomic E-state index is 0.120. The van der Waals surface area contributed by atoms with Crippen molar-refractivity contribution in [2.24, 2.45) is 23.7 Å². The van der Waals surface area contributed by atoms with E-state index in [2.05, 4.69) is 17.5 Å². The summed E-state index contributed by atoms with van der Waals surface area (Å²) in [4.78, 5) is 40.8. The summed E-state index contributed by atoms with van der Waals surface area (Å²) in [6.45, 7) is 0.215. The Kier molecular flexibility index (Phi) is 4.34. The number of carbonyl (C=O) groups is 3. The van der Waals surface area contributed by atoms with E-state index in [-0.39, 0.29) is 47.9 Å². The maximum absolute atomic E-state index is 13.2. The van der Waals surface area contributed by atoms with Crippen molar-refractivity contribution in [1.82, 2.24) is 10.2 Å². The lowest BCUT2D eigenvalue weighted by Gasteiger charge is -2.27. The number of allylic oxidation sites excluding steroid dienone is 2. The third kappa shape index (κ3) is 2.99. The third-order valence-electron chi connectivity index (χ3n) is 6.41. The molecular weight excluding hydrogens is 368 g/mol. The second-order valence-corrected chi connectivity index (χ2v) is 8.05. The summed E-state index contributed by atoms with van der Waals surface area (Å²) in [5.74, 6) is -0.508. The van der Waals surface area contributed by atoms with E-state index in [9.17, 15) is 14.4 Å². The topological polar surface area (TPSA) is 79.6 Å². The largest absolute Gasteiger partial charge is 0.467 e. The molecule has 1 aliphatic heterocycles. The van der Waals surface area contributed by atoms with Crippen LogP contribution in [0.2, 0.25) is 0 Å². The van der Waals surface area contributed by atoms with Gasteiger partial charge in [0, 0.05) is 6.42 Å². The fourth-order valence-corrected chi connectivity index (χ4v) is 5.08. The number of carbonyl (C=O) groups excluding carboxylic acids is 3. The lowest BCUT2D eigenvalue weighted by Crippen LogP contribution is -2.51. The van der Waals surface area contributed by atoms with Crippen molar-refractivity contribution in [2.75, 3.05) is 0 Å². The maximum Gasteiger partial charge on any atom is 0.244 e. The highest BCUT2D eigenvalue weighted by atomic mass is 16.3. The van der Waals surface area contributed by atoms with Gasteiger partial charge in [0.2, 0.25) is 17.7 Å². The average Bonchev–Trinajstić information content (AvgIpc) is 3.51. The zero-order valence-corrected chi connectivity index (χ0v) is 15.9. The molecule has 148 valence electrons. The Bertz CT molecular complexity index is 936. The monoisotopic (exact) mass is 390 g/mol. The Morgan fingerprint density at radius 3 is 2.34 bits per heavy atom. The van der Waals surface area contributed by atoms with Crippen molar-refractivity contribution < 1.29 is 18.8 Å². The van der Waals surface area contributed by atoms with Crippen molar-refractivity contribution in [1.29, 1.82) is 0 Å². The van der Waals surface area contributed by atoms with Crippen LogP contribution in [0.25, 0.3) is 0 Å². The number of hydrogen-bond donors (Lipinski definition) is 1. The molecule has 2 aliphatic carbocycles. The summed E-state index contributed by atoms with van der Waals surface area (Å²) in [5, 5.41) is 2.83. The van der Waals surface area contributed by atoms with E-state index in [0.29, 0.717) is 12.2 Å².